The number of hydrogen-bond donors (Lipinski definition) is 3. The second-order valence-corrected chi connectivity index (χ2v) is 5.50. The quantitative estimate of drug-likeness (QED) is 0.409. The Morgan fingerprint density at radius 1 is 1.40 bits per heavy atom. The molecule has 7 heteroatoms. The third-order valence-corrected chi connectivity index (χ3v) is 3.23. The lowest BCUT2D eigenvalue weighted by Gasteiger charge is -2.09. The molecule has 0 spiro atoms. The van der Waals surface area contributed by atoms with Gasteiger partial charge in [0.25, 0.3) is 0 Å². The van der Waals surface area contributed by atoms with Crippen LogP contribution in [0.25, 0.3) is 0 Å². The summed E-state index contributed by atoms with van der Waals surface area (Å²) in [5.74, 6) is -0.0343. The zero-order valence-electron chi connectivity index (χ0n) is 9.01. The summed E-state index contributed by atoms with van der Waals surface area (Å²) in [7, 11) is -3.33. The largest absolute Gasteiger partial charge is 0.392 e. The van der Waals surface area contributed by atoms with Gasteiger partial charge in [0.2, 0.25) is 10.0 Å². The predicted octanol–water partition coefficient (Wildman–Crippen LogP) is -0.0551. The Balaban J connectivity index is 3.75. The highest BCUT2D eigenvalue weighted by molar-refractivity contribution is 7.89. The summed E-state index contributed by atoms with van der Waals surface area (Å²) in [6, 6.07) is 0. The van der Waals surface area contributed by atoms with E-state index in [-0.39, 0.29) is 18.4 Å². The van der Waals surface area contributed by atoms with Gasteiger partial charge in [-0.2, -0.15) is 0 Å². The van der Waals surface area contributed by atoms with Gasteiger partial charge >= 0.3 is 0 Å². The highest BCUT2D eigenvalue weighted by Gasteiger charge is 2.11. The first-order chi connectivity index (χ1) is 6.87. The molecule has 0 aliphatic rings. The van der Waals surface area contributed by atoms with Gasteiger partial charge in [-0.3, -0.25) is 5.26 Å². The van der Waals surface area contributed by atoms with Crippen molar-refractivity contribution in [2.45, 2.75) is 38.9 Å². The number of aliphatic hydroxyl groups excluding tert-OH is 1. The molecule has 92 valence electrons. The fraction of sp³-hybridized carbons (Fsp3) is 1.00. The topological polar surface area (TPSA) is 95.9 Å². The van der Waals surface area contributed by atoms with Crippen LogP contribution in [0.5, 0.6) is 0 Å². The number of rotatable bonds is 8. The molecule has 0 rings (SSSR count). The Bertz CT molecular complexity index is 252. The fourth-order valence-corrected chi connectivity index (χ4v) is 2.12. The number of aliphatic hydroxyl groups is 1. The van der Waals surface area contributed by atoms with Gasteiger partial charge in [0.05, 0.1) is 18.0 Å². The maximum absolute atomic E-state index is 11.3. The molecule has 0 aromatic heterocycles. The average molecular weight is 241 g/mol. The van der Waals surface area contributed by atoms with Crippen LogP contribution in [0.4, 0.5) is 0 Å². The van der Waals surface area contributed by atoms with Gasteiger partial charge < -0.3 is 5.11 Å². The van der Waals surface area contributed by atoms with Gasteiger partial charge in [0, 0.05) is 6.54 Å². The minimum Gasteiger partial charge on any atom is -0.392 e. The monoisotopic (exact) mass is 241 g/mol. The minimum atomic E-state index is -3.33. The molecule has 2 unspecified atom stereocenters. The van der Waals surface area contributed by atoms with Crippen LogP contribution in [-0.4, -0.2) is 43.3 Å². The molecule has 6 nitrogen and oxygen atoms in total. The molecule has 15 heavy (non-hydrogen) atoms. The molecular formula is C8H19NO5S. The van der Waals surface area contributed by atoms with Crippen LogP contribution >= 0.6 is 0 Å². The number of sulfonamides is 1. The first-order valence-electron chi connectivity index (χ1n) is 4.83. The summed E-state index contributed by atoms with van der Waals surface area (Å²) in [6.07, 6.45) is -0.195. The molecule has 0 amide bonds. The molecule has 0 radical (unpaired) electrons. The summed E-state index contributed by atoms with van der Waals surface area (Å²) in [4.78, 5) is 4.01. The van der Waals surface area contributed by atoms with E-state index in [0.717, 1.165) is 0 Å². The van der Waals surface area contributed by atoms with Gasteiger partial charge in [0.15, 0.2) is 0 Å². The van der Waals surface area contributed by atoms with E-state index in [0.29, 0.717) is 12.8 Å². The summed E-state index contributed by atoms with van der Waals surface area (Å²) >= 11 is 0. The molecule has 0 aromatic carbocycles. The lowest BCUT2D eigenvalue weighted by atomic mass is 10.2. The number of hydrogen-bond acceptors (Lipinski definition) is 5. The Hall–Kier alpha value is -0.210. The summed E-state index contributed by atoms with van der Waals surface area (Å²) in [5.41, 5.74) is 0. The van der Waals surface area contributed by atoms with E-state index in [4.69, 9.17) is 10.4 Å². The smallest absolute Gasteiger partial charge is 0.211 e. The van der Waals surface area contributed by atoms with Gasteiger partial charge in [-0.15, -0.1) is 0 Å². The molecule has 0 aliphatic heterocycles. The third-order valence-electron chi connectivity index (χ3n) is 1.80. The Kier molecular flexibility index (Phi) is 7.03. The van der Waals surface area contributed by atoms with Crippen LogP contribution in [0.3, 0.4) is 0 Å². The van der Waals surface area contributed by atoms with Crippen LogP contribution in [-0.2, 0) is 14.9 Å². The van der Waals surface area contributed by atoms with Crippen LogP contribution < -0.4 is 4.72 Å². The van der Waals surface area contributed by atoms with Crippen molar-refractivity contribution >= 4 is 10.0 Å². The fourth-order valence-electron chi connectivity index (χ4n) is 0.933. The Labute approximate surface area is 90.2 Å². The molecule has 0 aliphatic carbocycles. The van der Waals surface area contributed by atoms with E-state index < -0.39 is 16.1 Å². The lowest BCUT2D eigenvalue weighted by Crippen LogP contribution is -2.32. The first-order valence-corrected chi connectivity index (χ1v) is 6.48. The van der Waals surface area contributed by atoms with Crippen LogP contribution in [0.2, 0.25) is 0 Å². The summed E-state index contributed by atoms with van der Waals surface area (Å²) in [6.45, 7) is 3.18. The van der Waals surface area contributed by atoms with E-state index in [1.54, 1.807) is 6.92 Å². The van der Waals surface area contributed by atoms with Crippen molar-refractivity contribution in [2.75, 3.05) is 12.3 Å². The lowest BCUT2D eigenvalue weighted by molar-refractivity contribution is -0.274. The van der Waals surface area contributed by atoms with E-state index >= 15 is 0 Å². The molecule has 2 atom stereocenters. The highest BCUT2D eigenvalue weighted by Crippen LogP contribution is 2.01. The van der Waals surface area contributed by atoms with Gasteiger partial charge in [0.1, 0.15) is 0 Å². The average Bonchev–Trinajstić information content (AvgIpc) is 2.14. The van der Waals surface area contributed by atoms with Crippen molar-refractivity contribution in [3.05, 3.63) is 0 Å². The zero-order chi connectivity index (χ0) is 11.9. The molecule has 0 heterocycles. The van der Waals surface area contributed by atoms with E-state index in [9.17, 15) is 8.42 Å². The van der Waals surface area contributed by atoms with Crippen LogP contribution in [0.1, 0.15) is 26.7 Å². The van der Waals surface area contributed by atoms with E-state index in [2.05, 4.69) is 9.61 Å². The second-order valence-electron chi connectivity index (χ2n) is 3.57. The normalized spacial score (nSPS) is 16.3. The zero-order valence-corrected chi connectivity index (χ0v) is 9.83. The van der Waals surface area contributed by atoms with Crippen molar-refractivity contribution in [1.82, 2.24) is 4.72 Å². The third kappa shape index (κ3) is 8.76. The van der Waals surface area contributed by atoms with Gasteiger partial charge in [-0.05, 0) is 26.7 Å². The maximum atomic E-state index is 11.3. The molecular weight excluding hydrogens is 222 g/mol. The number of nitrogens with one attached hydrogen (secondary N) is 1. The van der Waals surface area contributed by atoms with Crippen molar-refractivity contribution in [3.63, 3.8) is 0 Å². The van der Waals surface area contributed by atoms with Crippen LogP contribution in [0, 0.1) is 0 Å². The summed E-state index contributed by atoms with van der Waals surface area (Å²) in [5, 5.41) is 17.1. The standard InChI is InChI=1S/C8H19NO5S/c1-7(10)6-9-15(12,13)5-3-4-8(2)14-11/h7-11H,3-6H2,1-2H3. The van der Waals surface area contributed by atoms with Crippen LogP contribution in [0.15, 0.2) is 0 Å². The Morgan fingerprint density at radius 3 is 2.47 bits per heavy atom. The second kappa shape index (κ2) is 7.13. The minimum absolute atomic E-state index is 0.0222. The SMILES string of the molecule is CC(O)CNS(=O)(=O)CCCC(C)OO. The molecule has 0 aromatic rings. The summed E-state index contributed by atoms with van der Waals surface area (Å²) < 4.78 is 24.8. The molecule has 0 saturated carbocycles. The first kappa shape index (κ1) is 14.8. The Morgan fingerprint density at radius 2 is 2.00 bits per heavy atom. The van der Waals surface area contributed by atoms with Crippen molar-refractivity contribution in [3.8, 4) is 0 Å². The van der Waals surface area contributed by atoms with Crippen molar-refractivity contribution < 1.29 is 23.7 Å². The molecule has 0 saturated heterocycles. The maximum Gasteiger partial charge on any atom is 0.211 e. The van der Waals surface area contributed by atoms with Gasteiger partial charge in [-0.1, -0.05) is 0 Å². The van der Waals surface area contributed by atoms with Crippen molar-refractivity contribution in [1.29, 1.82) is 0 Å². The van der Waals surface area contributed by atoms with E-state index in [1.165, 1.54) is 6.92 Å². The molecule has 0 bridgehead atoms. The van der Waals surface area contributed by atoms with Gasteiger partial charge in [-0.25, -0.2) is 18.0 Å². The highest BCUT2D eigenvalue weighted by atomic mass is 32.2. The van der Waals surface area contributed by atoms with Crippen molar-refractivity contribution in [2.24, 2.45) is 0 Å². The molecule has 3 N–H and O–H groups in total. The van der Waals surface area contributed by atoms with E-state index in [1.807, 2.05) is 0 Å². The molecule has 0 fully saturated rings. The predicted molar refractivity (Wildman–Crippen MR) is 55.9 cm³/mol.